The average molecular weight is 318 g/mol. The Kier molecular flexibility index (Phi) is 5.58. The van der Waals surface area contributed by atoms with Crippen molar-refractivity contribution in [1.29, 1.82) is 0 Å². The summed E-state index contributed by atoms with van der Waals surface area (Å²) in [6, 6.07) is 16.9. The van der Waals surface area contributed by atoms with Gasteiger partial charge in [-0.3, -0.25) is 4.79 Å². The Labute approximate surface area is 136 Å². The third-order valence-corrected chi connectivity index (χ3v) is 3.47. The second-order valence-electron chi connectivity index (χ2n) is 5.80. The van der Waals surface area contributed by atoms with Gasteiger partial charge in [-0.1, -0.05) is 54.1 Å². The molecule has 2 aromatic carbocycles. The van der Waals surface area contributed by atoms with Crippen LogP contribution in [0.3, 0.4) is 0 Å². The van der Waals surface area contributed by atoms with E-state index in [0.29, 0.717) is 23.8 Å². The van der Waals surface area contributed by atoms with Crippen LogP contribution in [0.2, 0.25) is 5.02 Å². The lowest BCUT2D eigenvalue weighted by molar-refractivity contribution is 0.0617. The summed E-state index contributed by atoms with van der Waals surface area (Å²) >= 11 is 6.04. The minimum atomic E-state index is -0.481. The van der Waals surface area contributed by atoms with E-state index >= 15 is 0 Å². The van der Waals surface area contributed by atoms with Gasteiger partial charge in [-0.2, -0.15) is 0 Å². The first-order valence-corrected chi connectivity index (χ1v) is 7.54. The van der Waals surface area contributed by atoms with Crippen LogP contribution in [0.5, 0.6) is 0 Å². The molecule has 0 fully saturated rings. The van der Waals surface area contributed by atoms with Crippen molar-refractivity contribution in [2.75, 3.05) is 6.61 Å². The lowest BCUT2D eigenvalue weighted by Crippen LogP contribution is -2.47. The predicted octanol–water partition coefficient (Wildman–Crippen LogP) is 4.07. The summed E-state index contributed by atoms with van der Waals surface area (Å²) in [7, 11) is 0. The van der Waals surface area contributed by atoms with Crippen LogP contribution in [-0.2, 0) is 11.3 Å². The van der Waals surface area contributed by atoms with Crippen molar-refractivity contribution in [2.24, 2.45) is 0 Å². The van der Waals surface area contributed by atoms with E-state index in [2.05, 4.69) is 5.32 Å². The highest BCUT2D eigenvalue weighted by Gasteiger charge is 2.22. The van der Waals surface area contributed by atoms with Crippen LogP contribution in [0.4, 0.5) is 0 Å². The minimum Gasteiger partial charge on any atom is -0.374 e. The Balaban J connectivity index is 1.88. The lowest BCUT2D eigenvalue weighted by atomic mass is 10.1. The zero-order valence-corrected chi connectivity index (χ0v) is 13.6. The fraction of sp³-hybridized carbons (Fsp3) is 0.278. The maximum absolute atomic E-state index is 12.3. The Morgan fingerprint density at radius 2 is 1.73 bits per heavy atom. The van der Waals surface area contributed by atoms with E-state index in [-0.39, 0.29) is 5.91 Å². The maximum Gasteiger partial charge on any atom is 0.253 e. The molecule has 116 valence electrons. The molecule has 0 bridgehead atoms. The van der Waals surface area contributed by atoms with Crippen molar-refractivity contribution in [3.05, 3.63) is 70.7 Å². The van der Waals surface area contributed by atoms with Gasteiger partial charge >= 0.3 is 0 Å². The van der Waals surface area contributed by atoms with Gasteiger partial charge in [-0.15, -0.1) is 0 Å². The Bertz CT molecular complexity index is 626. The number of rotatable bonds is 6. The number of amides is 1. The van der Waals surface area contributed by atoms with Crippen molar-refractivity contribution in [3.63, 3.8) is 0 Å². The van der Waals surface area contributed by atoms with Crippen LogP contribution < -0.4 is 5.32 Å². The molecule has 0 radical (unpaired) electrons. The van der Waals surface area contributed by atoms with Gasteiger partial charge in [0.25, 0.3) is 5.91 Å². The molecule has 0 heterocycles. The highest BCUT2D eigenvalue weighted by Crippen LogP contribution is 2.16. The molecule has 0 unspecified atom stereocenters. The van der Waals surface area contributed by atoms with Crippen LogP contribution in [0.25, 0.3) is 0 Å². The number of carbonyl (C=O) groups excluding carboxylic acids is 1. The van der Waals surface area contributed by atoms with E-state index in [1.807, 2.05) is 44.2 Å². The molecule has 2 aromatic rings. The van der Waals surface area contributed by atoms with Gasteiger partial charge in [0.1, 0.15) is 0 Å². The highest BCUT2D eigenvalue weighted by atomic mass is 35.5. The third-order valence-electron chi connectivity index (χ3n) is 3.14. The maximum atomic E-state index is 12.3. The summed E-state index contributed by atoms with van der Waals surface area (Å²) < 4.78 is 5.70. The van der Waals surface area contributed by atoms with E-state index in [0.717, 1.165) is 5.56 Å². The summed E-state index contributed by atoms with van der Waals surface area (Å²) in [6.45, 7) is 4.78. The van der Waals surface area contributed by atoms with Crippen molar-refractivity contribution < 1.29 is 9.53 Å². The normalized spacial score (nSPS) is 11.2. The molecule has 1 N–H and O–H groups in total. The van der Waals surface area contributed by atoms with E-state index in [1.165, 1.54) is 0 Å². The van der Waals surface area contributed by atoms with E-state index in [9.17, 15) is 4.79 Å². The van der Waals surface area contributed by atoms with Gasteiger partial charge in [-0.25, -0.2) is 0 Å². The fourth-order valence-corrected chi connectivity index (χ4v) is 2.28. The van der Waals surface area contributed by atoms with Crippen molar-refractivity contribution in [1.82, 2.24) is 5.32 Å². The first kappa shape index (κ1) is 16.5. The molecule has 0 saturated carbocycles. The smallest absolute Gasteiger partial charge is 0.253 e. The zero-order valence-electron chi connectivity index (χ0n) is 12.8. The van der Waals surface area contributed by atoms with E-state index in [4.69, 9.17) is 16.3 Å². The molecule has 0 aliphatic heterocycles. The molecule has 0 atom stereocenters. The quantitative estimate of drug-likeness (QED) is 0.872. The topological polar surface area (TPSA) is 38.3 Å². The summed E-state index contributed by atoms with van der Waals surface area (Å²) in [4.78, 5) is 12.3. The lowest BCUT2D eigenvalue weighted by Gasteiger charge is -2.26. The SMILES string of the molecule is CC(C)(COCc1ccccc1)NC(=O)c1ccccc1Cl. The molecular formula is C18H20ClNO2. The van der Waals surface area contributed by atoms with Gasteiger partial charge in [0.2, 0.25) is 0 Å². The Hall–Kier alpha value is -1.84. The van der Waals surface area contributed by atoms with Crippen LogP contribution in [0.1, 0.15) is 29.8 Å². The minimum absolute atomic E-state index is 0.195. The van der Waals surface area contributed by atoms with Gasteiger partial charge in [0.15, 0.2) is 0 Å². The second kappa shape index (κ2) is 7.43. The number of hydrogen-bond donors (Lipinski definition) is 1. The monoisotopic (exact) mass is 317 g/mol. The standard InChI is InChI=1S/C18H20ClNO2/c1-18(2,13-22-12-14-8-4-3-5-9-14)20-17(21)15-10-6-7-11-16(15)19/h3-11H,12-13H2,1-2H3,(H,20,21). The van der Waals surface area contributed by atoms with E-state index in [1.54, 1.807) is 24.3 Å². The van der Waals surface area contributed by atoms with Crippen molar-refractivity contribution in [3.8, 4) is 0 Å². The molecular weight excluding hydrogens is 298 g/mol. The number of benzene rings is 2. The number of halogens is 1. The Morgan fingerprint density at radius 3 is 2.41 bits per heavy atom. The fourth-order valence-electron chi connectivity index (χ4n) is 2.05. The van der Waals surface area contributed by atoms with Crippen LogP contribution in [0, 0.1) is 0 Å². The first-order chi connectivity index (χ1) is 10.5. The number of hydrogen-bond acceptors (Lipinski definition) is 2. The summed E-state index contributed by atoms with van der Waals surface area (Å²) in [6.07, 6.45) is 0. The van der Waals surface area contributed by atoms with Crippen molar-refractivity contribution in [2.45, 2.75) is 26.0 Å². The first-order valence-electron chi connectivity index (χ1n) is 7.17. The number of ether oxygens (including phenoxy) is 1. The molecule has 0 aromatic heterocycles. The molecule has 4 heteroatoms. The largest absolute Gasteiger partial charge is 0.374 e. The predicted molar refractivity (Wildman–Crippen MR) is 89.1 cm³/mol. The molecule has 3 nitrogen and oxygen atoms in total. The van der Waals surface area contributed by atoms with Gasteiger partial charge < -0.3 is 10.1 Å². The molecule has 2 rings (SSSR count). The summed E-state index contributed by atoms with van der Waals surface area (Å²) in [5.74, 6) is -0.195. The molecule has 22 heavy (non-hydrogen) atoms. The molecule has 0 spiro atoms. The summed E-state index contributed by atoms with van der Waals surface area (Å²) in [5.41, 5.74) is 1.10. The van der Waals surface area contributed by atoms with Crippen molar-refractivity contribution >= 4 is 17.5 Å². The van der Waals surface area contributed by atoms with Gasteiger partial charge in [0.05, 0.1) is 29.3 Å². The number of carbonyl (C=O) groups is 1. The summed E-state index contributed by atoms with van der Waals surface area (Å²) in [5, 5.41) is 3.40. The number of nitrogens with one attached hydrogen (secondary N) is 1. The Morgan fingerprint density at radius 1 is 1.09 bits per heavy atom. The van der Waals surface area contributed by atoms with Crippen LogP contribution in [0.15, 0.2) is 54.6 Å². The van der Waals surface area contributed by atoms with E-state index < -0.39 is 5.54 Å². The zero-order chi connectivity index (χ0) is 16.0. The van der Waals surface area contributed by atoms with Gasteiger partial charge in [-0.05, 0) is 31.5 Å². The van der Waals surface area contributed by atoms with Crippen LogP contribution >= 0.6 is 11.6 Å². The highest BCUT2D eigenvalue weighted by molar-refractivity contribution is 6.33. The molecule has 0 aliphatic carbocycles. The third kappa shape index (κ3) is 4.86. The van der Waals surface area contributed by atoms with Gasteiger partial charge in [0, 0.05) is 0 Å². The molecule has 0 saturated heterocycles. The van der Waals surface area contributed by atoms with Crippen LogP contribution in [-0.4, -0.2) is 18.1 Å². The molecule has 1 amide bonds. The second-order valence-corrected chi connectivity index (χ2v) is 6.20. The molecule has 0 aliphatic rings. The average Bonchev–Trinajstić information content (AvgIpc) is 2.48.